The first-order valence-electron chi connectivity index (χ1n) is 6.85. The summed E-state index contributed by atoms with van der Waals surface area (Å²) in [7, 11) is 1.52. The van der Waals surface area contributed by atoms with E-state index in [4.69, 9.17) is 16.3 Å². The highest BCUT2D eigenvalue weighted by Crippen LogP contribution is 2.27. The van der Waals surface area contributed by atoms with Crippen LogP contribution in [0, 0.1) is 0 Å². The van der Waals surface area contributed by atoms with Gasteiger partial charge in [-0.05, 0) is 29.8 Å². The molecule has 7 heteroatoms. The lowest BCUT2D eigenvalue weighted by atomic mass is 10.1. The molecule has 23 heavy (non-hydrogen) atoms. The largest absolute Gasteiger partial charge is 0.497 e. The molecule has 0 radical (unpaired) electrons. The standard InChI is InChI=1S/C16H14ClN3O3/c1-23-10-5-2-4-9(8-10)14(21)16(22)18-15-11-6-3-7-12(17)13(11)19-20-15/h2-8,14,21H,1H3,(H2,18,19,20,22). The van der Waals surface area contributed by atoms with Crippen molar-refractivity contribution in [3.05, 3.63) is 53.1 Å². The number of H-pyrrole nitrogens is 1. The number of carbonyl (C=O) groups is 1. The van der Waals surface area contributed by atoms with Crippen molar-refractivity contribution >= 4 is 34.2 Å². The Kier molecular flexibility index (Phi) is 4.18. The molecule has 0 aliphatic rings. The van der Waals surface area contributed by atoms with Crippen molar-refractivity contribution in [3.8, 4) is 5.75 Å². The average Bonchev–Trinajstić information content (AvgIpc) is 2.98. The second-order valence-electron chi connectivity index (χ2n) is 4.90. The molecule has 1 atom stereocenters. The summed E-state index contributed by atoms with van der Waals surface area (Å²) in [4.78, 5) is 12.3. The normalized spacial score (nSPS) is 12.1. The molecule has 0 bridgehead atoms. The van der Waals surface area contributed by atoms with Crippen LogP contribution >= 0.6 is 11.6 Å². The van der Waals surface area contributed by atoms with Crippen molar-refractivity contribution < 1.29 is 14.6 Å². The summed E-state index contributed by atoms with van der Waals surface area (Å²) in [6.07, 6.45) is -1.34. The van der Waals surface area contributed by atoms with Crippen LogP contribution in [0.1, 0.15) is 11.7 Å². The number of methoxy groups -OCH3 is 1. The number of hydrogen-bond donors (Lipinski definition) is 3. The Hall–Kier alpha value is -2.57. The van der Waals surface area contributed by atoms with E-state index in [0.717, 1.165) is 0 Å². The number of aliphatic hydroxyl groups excluding tert-OH is 1. The van der Waals surface area contributed by atoms with Gasteiger partial charge in [0.1, 0.15) is 5.75 Å². The molecule has 3 N–H and O–H groups in total. The summed E-state index contributed by atoms with van der Waals surface area (Å²) in [6.45, 7) is 0. The fourth-order valence-corrected chi connectivity index (χ4v) is 2.47. The molecule has 1 heterocycles. The summed E-state index contributed by atoms with van der Waals surface area (Å²) in [5, 5.41) is 20.8. The zero-order valence-corrected chi connectivity index (χ0v) is 13.0. The summed E-state index contributed by atoms with van der Waals surface area (Å²) >= 11 is 6.05. The van der Waals surface area contributed by atoms with Gasteiger partial charge in [-0.3, -0.25) is 9.89 Å². The Labute approximate surface area is 137 Å². The molecule has 0 spiro atoms. The monoisotopic (exact) mass is 331 g/mol. The number of fused-ring (bicyclic) bond motifs is 1. The zero-order chi connectivity index (χ0) is 16.4. The molecule has 6 nitrogen and oxygen atoms in total. The minimum atomic E-state index is -1.34. The predicted octanol–water partition coefficient (Wildman–Crippen LogP) is 2.90. The molecular weight excluding hydrogens is 318 g/mol. The minimum Gasteiger partial charge on any atom is -0.497 e. The summed E-state index contributed by atoms with van der Waals surface area (Å²) in [5.74, 6) is 0.285. The van der Waals surface area contributed by atoms with Gasteiger partial charge in [0.05, 0.1) is 17.6 Å². The van der Waals surface area contributed by atoms with Crippen molar-refractivity contribution in [1.82, 2.24) is 10.2 Å². The van der Waals surface area contributed by atoms with E-state index < -0.39 is 12.0 Å². The molecule has 1 unspecified atom stereocenters. The van der Waals surface area contributed by atoms with Gasteiger partial charge >= 0.3 is 0 Å². The quantitative estimate of drug-likeness (QED) is 0.686. The maximum Gasteiger partial charge on any atom is 0.259 e. The number of ether oxygens (including phenoxy) is 1. The number of aromatic nitrogens is 2. The molecule has 0 saturated carbocycles. The lowest BCUT2D eigenvalue weighted by Gasteiger charge is -2.11. The smallest absolute Gasteiger partial charge is 0.259 e. The van der Waals surface area contributed by atoms with E-state index in [2.05, 4.69) is 15.5 Å². The van der Waals surface area contributed by atoms with Gasteiger partial charge in [0.15, 0.2) is 11.9 Å². The Balaban J connectivity index is 1.84. The second-order valence-corrected chi connectivity index (χ2v) is 5.31. The molecule has 0 aliphatic heterocycles. The highest BCUT2D eigenvalue weighted by Gasteiger charge is 2.20. The third-order valence-corrected chi connectivity index (χ3v) is 3.76. The topological polar surface area (TPSA) is 87.2 Å². The van der Waals surface area contributed by atoms with Crippen molar-refractivity contribution in [2.75, 3.05) is 12.4 Å². The molecule has 0 aliphatic carbocycles. The first kappa shape index (κ1) is 15.3. The Morgan fingerprint density at radius 2 is 2.13 bits per heavy atom. The van der Waals surface area contributed by atoms with Gasteiger partial charge in [-0.2, -0.15) is 5.10 Å². The van der Waals surface area contributed by atoms with E-state index >= 15 is 0 Å². The van der Waals surface area contributed by atoms with Crippen LogP contribution in [-0.4, -0.2) is 28.3 Å². The molecule has 1 aromatic heterocycles. The number of carbonyl (C=O) groups excluding carboxylic acids is 1. The van der Waals surface area contributed by atoms with E-state index in [0.29, 0.717) is 33.1 Å². The van der Waals surface area contributed by atoms with E-state index in [1.807, 2.05) is 0 Å². The van der Waals surface area contributed by atoms with Gasteiger partial charge < -0.3 is 15.2 Å². The number of aliphatic hydroxyl groups is 1. The molecule has 0 saturated heterocycles. The van der Waals surface area contributed by atoms with Crippen LogP contribution < -0.4 is 10.1 Å². The minimum absolute atomic E-state index is 0.314. The van der Waals surface area contributed by atoms with Crippen molar-refractivity contribution in [1.29, 1.82) is 0 Å². The van der Waals surface area contributed by atoms with Gasteiger partial charge in [-0.25, -0.2) is 0 Å². The van der Waals surface area contributed by atoms with Gasteiger partial charge in [0.25, 0.3) is 5.91 Å². The van der Waals surface area contributed by atoms with Crippen LogP contribution in [0.4, 0.5) is 5.82 Å². The van der Waals surface area contributed by atoms with Crippen LogP contribution in [0.25, 0.3) is 10.9 Å². The van der Waals surface area contributed by atoms with Crippen molar-refractivity contribution in [2.45, 2.75) is 6.10 Å². The third kappa shape index (κ3) is 2.99. The van der Waals surface area contributed by atoms with Crippen molar-refractivity contribution in [3.63, 3.8) is 0 Å². The fraction of sp³-hybridized carbons (Fsp3) is 0.125. The number of nitrogens with zero attached hydrogens (tertiary/aromatic N) is 1. The number of aromatic amines is 1. The Bertz CT molecular complexity index is 863. The maximum atomic E-state index is 12.3. The first-order chi connectivity index (χ1) is 11.1. The van der Waals surface area contributed by atoms with Gasteiger partial charge in [0.2, 0.25) is 0 Å². The molecule has 0 fully saturated rings. The lowest BCUT2D eigenvalue weighted by Crippen LogP contribution is -2.21. The summed E-state index contributed by atoms with van der Waals surface area (Å²) in [6, 6.07) is 11.9. The number of benzene rings is 2. The maximum absolute atomic E-state index is 12.3. The van der Waals surface area contributed by atoms with E-state index in [9.17, 15) is 9.90 Å². The molecule has 3 rings (SSSR count). The van der Waals surface area contributed by atoms with Gasteiger partial charge in [-0.1, -0.05) is 29.8 Å². The van der Waals surface area contributed by atoms with E-state index in [-0.39, 0.29) is 0 Å². The number of hydrogen-bond acceptors (Lipinski definition) is 4. The summed E-state index contributed by atoms with van der Waals surface area (Å²) in [5.41, 5.74) is 1.06. The number of amides is 1. The molecule has 1 amide bonds. The third-order valence-electron chi connectivity index (χ3n) is 3.45. The van der Waals surface area contributed by atoms with E-state index in [1.165, 1.54) is 7.11 Å². The average molecular weight is 332 g/mol. The number of nitrogens with one attached hydrogen (secondary N) is 2. The highest BCUT2D eigenvalue weighted by molar-refractivity contribution is 6.35. The summed E-state index contributed by atoms with van der Waals surface area (Å²) < 4.78 is 5.09. The first-order valence-corrected chi connectivity index (χ1v) is 7.23. The van der Waals surface area contributed by atoms with Gasteiger partial charge in [-0.15, -0.1) is 0 Å². The molecular formula is C16H14ClN3O3. The van der Waals surface area contributed by atoms with Crippen molar-refractivity contribution in [2.24, 2.45) is 0 Å². The SMILES string of the molecule is COc1cccc(C(O)C(=O)Nc2n[nH]c3c(Cl)cccc23)c1. The number of rotatable bonds is 4. The second kappa shape index (κ2) is 6.28. The molecule has 118 valence electrons. The Morgan fingerprint density at radius 3 is 2.91 bits per heavy atom. The van der Waals surface area contributed by atoms with Crippen LogP contribution in [0.5, 0.6) is 5.75 Å². The highest BCUT2D eigenvalue weighted by atomic mass is 35.5. The van der Waals surface area contributed by atoms with Crippen LogP contribution in [-0.2, 0) is 4.79 Å². The van der Waals surface area contributed by atoms with Crippen LogP contribution in [0.15, 0.2) is 42.5 Å². The number of halogens is 1. The van der Waals surface area contributed by atoms with Crippen LogP contribution in [0.3, 0.4) is 0 Å². The fourth-order valence-electron chi connectivity index (χ4n) is 2.25. The Morgan fingerprint density at radius 1 is 1.35 bits per heavy atom. The van der Waals surface area contributed by atoms with Gasteiger partial charge in [0, 0.05) is 5.39 Å². The number of anilines is 1. The zero-order valence-electron chi connectivity index (χ0n) is 12.2. The molecule has 2 aromatic carbocycles. The lowest BCUT2D eigenvalue weighted by molar-refractivity contribution is -0.124. The molecule has 3 aromatic rings. The van der Waals surface area contributed by atoms with E-state index in [1.54, 1.807) is 42.5 Å². The number of para-hydroxylation sites is 1. The predicted molar refractivity (Wildman–Crippen MR) is 87.7 cm³/mol. The van der Waals surface area contributed by atoms with Crippen LogP contribution in [0.2, 0.25) is 5.02 Å².